The Hall–Kier alpha value is -1.42. The number of aromatic hydroxyl groups is 1. The van der Waals surface area contributed by atoms with Gasteiger partial charge in [0.15, 0.2) is 0 Å². The van der Waals surface area contributed by atoms with Crippen LogP contribution in [0.15, 0.2) is 36.4 Å². The summed E-state index contributed by atoms with van der Waals surface area (Å²) in [5, 5.41) is 13.0. The summed E-state index contributed by atoms with van der Waals surface area (Å²) in [7, 11) is 0. The third kappa shape index (κ3) is 3.32. The summed E-state index contributed by atoms with van der Waals surface area (Å²) >= 11 is 17.4. The summed E-state index contributed by atoms with van der Waals surface area (Å²) in [6, 6.07) is 8.98. The molecule has 0 atom stereocenters. The fourth-order valence-corrected chi connectivity index (χ4v) is 2.07. The summed E-state index contributed by atoms with van der Waals surface area (Å²) in [6.45, 7) is 0. The zero-order valence-electron chi connectivity index (χ0n) is 9.45. The van der Waals surface area contributed by atoms with Crippen molar-refractivity contribution in [3.8, 4) is 5.75 Å². The van der Waals surface area contributed by atoms with Crippen LogP contribution in [0.3, 0.4) is 0 Å². The lowest BCUT2D eigenvalue weighted by Crippen LogP contribution is -2.12. The Morgan fingerprint density at radius 2 is 1.74 bits per heavy atom. The molecule has 0 aliphatic heterocycles. The van der Waals surface area contributed by atoms with Crippen LogP contribution in [0.4, 0.5) is 5.69 Å². The minimum atomic E-state index is -0.400. The Kier molecular flexibility index (Phi) is 4.20. The smallest absolute Gasteiger partial charge is 0.257 e. The quantitative estimate of drug-likeness (QED) is 0.850. The maximum atomic E-state index is 12.0. The number of amides is 1. The van der Waals surface area contributed by atoms with Gasteiger partial charge in [-0.25, -0.2) is 0 Å². The first kappa shape index (κ1) is 14.0. The minimum absolute atomic E-state index is 0.110. The largest absolute Gasteiger partial charge is 0.506 e. The average Bonchev–Trinajstić information content (AvgIpc) is 2.33. The molecule has 0 aliphatic carbocycles. The number of phenolic OH excluding ortho intramolecular Hbond substituents is 1. The van der Waals surface area contributed by atoms with Gasteiger partial charge in [0.2, 0.25) is 0 Å². The normalized spacial score (nSPS) is 10.3. The molecule has 98 valence electrons. The van der Waals surface area contributed by atoms with Crippen molar-refractivity contribution in [2.75, 3.05) is 5.32 Å². The molecule has 1 amide bonds. The van der Waals surface area contributed by atoms with Crippen LogP contribution in [-0.2, 0) is 0 Å². The molecule has 0 aliphatic rings. The van der Waals surface area contributed by atoms with Gasteiger partial charge in [-0.1, -0.05) is 34.8 Å². The molecule has 2 aromatic carbocycles. The van der Waals surface area contributed by atoms with Gasteiger partial charge >= 0.3 is 0 Å². The molecule has 0 saturated heterocycles. The van der Waals surface area contributed by atoms with E-state index in [4.69, 9.17) is 34.8 Å². The van der Waals surface area contributed by atoms with Crippen LogP contribution in [0.25, 0.3) is 0 Å². The number of phenols is 1. The SMILES string of the molecule is O=C(Nc1ccc(Cl)c(O)c1)c1ccc(Cl)cc1Cl. The van der Waals surface area contributed by atoms with E-state index < -0.39 is 5.91 Å². The van der Waals surface area contributed by atoms with Crippen molar-refractivity contribution in [1.29, 1.82) is 0 Å². The topological polar surface area (TPSA) is 49.3 Å². The van der Waals surface area contributed by atoms with E-state index >= 15 is 0 Å². The molecule has 0 bridgehead atoms. The highest BCUT2D eigenvalue weighted by molar-refractivity contribution is 6.37. The number of hydrogen-bond donors (Lipinski definition) is 2. The Balaban J connectivity index is 2.23. The van der Waals surface area contributed by atoms with Gasteiger partial charge in [-0.15, -0.1) is 0 Å². The minimum Gasteiger partial charge on any atom is -0.506 e. The van der Waals surface area contributed by atoms with Crippen LogP contribution in [0.1, 0.15) is 10.4 Å². The zero-order valence-corrected chi connectivity index (χ0v) is 11.7. The van der Waals surface area contributed by atoms with E-state index in [2.05, 4.69) is 5.32 Å². The van der Waals surface area contributed by atoms with Crippen LogP contribution < -0.4 is 5.32 Å². The second kappa shape index (κ2) is 5.70. The van der Waals surface area contributed by atoms with Crippen molar-refractivity contribution in [2.45, 2.75) is 0 Å². The van der Waals surface area contributed by atoms with Crippen LogP contribution >= 0.6 is 34.8 Å². The first-order valence-electron chi connectivity index (χ1n) is 5.22. The molecular formula is C13H8Cl3NO2. The summed E-state index contributed by atoms with van der Waals surface area (Å²) in [5.41, 5.74) is 0.707. The van der Waals surface area contributed by atoms with Gasteiger partial charge < -0.3 is 10.4 Å². The van der Waals surface area contributed by atoms with Crippen LogP contribution in [-0.4, -0.2) is 11.0 Å². The first-order chi connectivity index (χ1) is 8.97. The molecule has 0 spiro atoms. The Labute approximate surface area is 124 Å². The molecule has 2 N–H and O–H groups in total. The van der Waals surface area contributed by atoms with Gasteiger partial charge in [0.05, 0.1) is 15.6 Å². The van der Waals surface area contributed by atoms with Crippen LogP contribution in [0, 0.1) is 0 Å². The highest BCUT2D eigenvalue weighted by Crippen LogP contribution is 2.27. The molecule has 6 heteroatoms. The second-order valence-corrected chi connectivity index (χ2v) is 5.00. The molecule has 0 aromatic heterocycles. The molecule has 2 aromatic rings. The number of nitrogens with one attached hydrogen (secondary N) is 1. The molecule has 3 nitrogen and oxygen atoms in total. The third-order valence-corrected chi connectivity index (χ3v) is 3.25. The third-order valence-electron chi connectivity index (χ3n) is 2.38. The molecule has 0 unspecified atom stereocenters. The monoisotopic (exact) mass is 315 g/mol. The van der Waals surface area contributed by atoms with Crippen molar-refractivity contribution in [2.24, 2.45) is 0 Å². The fraction of sp³-hybridized carbons (Fsp3) is 0. The van der Waals surface area contributed by atoms with E-state index in [9.17, 15) is 9.90 Å². The molecule has 0 heterocycles. The molecule has 0 fully saturated rings. The van der Waals surface area contributed by atoms with E-state index in [1.807, 2.05) is 0 Å². The highest BCUT2D eigenvalue weighted by Gasteiger charge is 2.11. The van der Waals surface area contributed by atoms with Gasteiger partial charge in [-0.05, 0) is 30.3 Å². The van der Waals surface area contributed by atoms with E-state index in [0.717, 1.165) is 0 Å². The molecule has 0 radical (unpaired) electrons. The maximum absolute atomic E-state index is 12.0. The number of anilines is 1. The Morgan fingerprint density at radius 3 is 2.37 bits per heavy atom. The van der Waals surface area contributed by atoms with E-state index in [0.29, 0.717) is 16.3 Å². The van der Waals surface area contributed by atoms with Crippen molar-refractivity contribution in [3.05, 3.63) is 57.0 Å². The summed E-state index contributed by atoms with van der Waals surface area (Å²) < 4.78 is 0. The molecule has 2 rings (SSSR count). The lowest BCUT2D eigenvalue weighted by Gasteiger charge is -2.08. The van der Waals surface area contributed by atoms with Crippen LogP contribution in [0.2, 0.25) is 15.1 Å². The number of benzene rings is 2. The van der Waals surface area contributed by atoms with Gasteiger partial charge in [0, 0.05) is 16.8 Å². The number of rotatable bonds is 2. The lowest BCUT2D eigenvalue weighted by molar-refractivity contribution is 0.102. The second-order valence-electron chi connectivity index (χ2n) is 3.74. The number of carbonyl (C=O) groups excluding carboxylic acids is 1. The number of halogens is 3. The van der Waals surface area contributed by atoms with Gasteiger partial charge in [0.25, 0.3) is 5.91 Å². The fourth-order valence-electron chi connectivity index (χ4n) is 1.46. The summed E-state index contributed by atoms with van der Waals surface area (Å²) in [4.78, 5) is 12.0. The van der Waals surface area contributed by atoms with Crippen molar-refractivity contribution >= 4 is 46.4 Å². The molecule has 19 heavy (non-hydrogen) atoms. The Bertz CT molecular complexity index is 644. The standard InChI is InChI=1S/C13H8Cl3NO2/c14-7-1-3-9(11(16)5-7)13(19)17-8-2-4-10(15)12(18)6-8/h1-6,18H,(H,17,19). The van der Waals surface area contributed by atoms with Crippen LogP contribution in [0.5, 0.6) is 5.75 Å². The van der Waals surface area contributed by atoms with Gasteiger partial charge in [-0.3, -0.25) is 4.79 Å². The predicted molar refractivity (Wildman–Crippen MR) is 77.5 cm³/mol. The van der Waals surface area contributed by atoms with Gasteiger partial charge in [0.1, 0.15) is 5.75 Å². The summed E-state index contributed by atoms with van der Waals surface area (Å²) in [5.74, 6) is -0.509. The van der Waals surface area contributed by atoms with Crippen molar-refractivity contribution in [3.63, 3.8) is 0 Å². The summed E-state index contributed by atoms with van der Waals surface area (Å²) in [6.07, 6.45) is 0. The number of carbonyl (C=O) groups is 1. The molecular weight excluding hydrogens is 309 g/mol. The van der Waals surface area contributed by atoms with Crippen molar-refractivity contribution < 1.29 is 9.90 Å². The predicted octanol–water partition coefficient (Wildman–Crippen LogP) is 4.60. The number of hydrogen-bond acceptors (Lipinski definition) is 2. The highest BCUT2D eigenvalue weighted by atomic mass is 35.5. The first-order valence-corrected chi connectivity index (χ1v) is 6.35. The lowest BCUT2D eigenvalue weighted by atomic mass is 10.2. The van der Waals surface area contributed by atoms with Crippen molar-refractivity contribution in [1.82, 2.24) is 0 Å². The zero-order chi connectivity index (χ0) is 14.0. The van der Waals surface area contributed by atoms with E-state index in [-0.39, 0.29) is 15.8 Å². The van der Waals surface area contributed by atoms with E-state index in [1.165, 1.54) is 24.3 Å². The Morgan fingerprint density at radius 1 is 1.00 bits per heavy atom. The average molecular weight is 317 g/mol. The molecule has 0 saturated carbocycles. The maximum Gasteiger partial charge on any atom is 0.257 e. The van der Waals surface area contributed by atoms with E-state index in [1.54, 1.807) is 12.1 Å². The van der Waals surface area contributed by atoms with Gasteiger partial charge in [-0.2, -0.15) is 0 Å².